The van der Waals surface area contributed by atoms with E-state index in [0.717, 1.165) is 12.8 Å². The quantitative estimate of drug-likeness (QED) is 0.658. The van der Waals surface area contributed by atoms with Gasteiger partial charge in [0.1, 0.15) is 0 Å². The molecule has 1 atom stereocenters. The summed E-state index contributed by atoms with van der Waals surface area (Å²) in [6.07, 6.45) is 1.89. The maximum Gasteiger partial charge on any atom is 0.243 e. The van der Waals surface area contributed by atoms with Gasteiger partial charge in [0.05, 0.1) is 29.6 Å². The molecule has 0 radical (unpaired) electrons. The summed E-state index contributed by atoms with van der Waals surface area (Å²) in [5.41, 5.74) is 0. The van der Waals surface area contributed by atoms with E-state index < -0.39 is 25.9 Å². The molecule has 2 aliphatic rings. The van der Waals surface area contributed by atoms with Crippen molar-refractivity contribution in [3.05, 3.63) is 18.2 Å². The van der Waals surface area contributed by atoms with Crippen LogP contribution in [-0.2, 0) is 19.9 Å². The standard InChI is InChI=1S/C17H25NO6S2/c1-3-23-16-8-7-15(11-17(16)24-4-2)26(21,22)18(13-5-6-13)14-9-10-25(19,20)12-14/h7-8,11,13-14H,3-6,9-10,12H2,1-2H3. The van der Waals surface area contributed by atoms with Gasteiger partial charge in [0.2, 0.25) is 10.0 Å². The van der Waals surface area contributed by atoms with Crippen LogP contribution in [-0.4, -0.2) is 57.9 Å². The Hall–Kier alpha value is -1.32. The number of hydrogen-bond acceptors (Lipinski definition) is 6. The van der Waals surface area contributed by atoms with Gasteiger partial charge in [-0.15, -0.1) is 0 Å². The third kappa shape index (κ3) is 3.99. The van der Waals surface area contributed by atoms with Gasteiger partial charge in [-0.3, -0.25) is 0 Å². The average Bonchev–Trinajstić information content (AvgIpc) is 3.32. The summed E-state index contributed by atoms with van der Waals surface area (Å²) in [6, 6.07) is 3.97. The Balaban J connectivity index is 1.96. The second kappa shape index (κ2) is 7.36. The molecule has 146 valence electrons. The first-order valence-corrected chi connectivity index (χ1v) is 12.2. The molecule has 0 N–H and O–H groups in total. The molecule has 1 aromatic rings. The van der Waals surface area contributed by atoms with E-state index in [0.29, 0.717) is 31.1 Å². The lowest BCUT2D eigenvalue weighted by Gasteiger charge is -2.27. The van der Waals surface area contributed by atoms with Gasteiger partial charge >= 0.3 is 0 Å². The normalized spacial score (nSPS) is 22.5. The van der Waals surface area contributed by atoms with Crippen LogP contribution in [0.5, 0.6) is 11.5 Å². The first-order chi connectivity index (χ1) is 12.3. The molecule has 1 aromatic carbocycles. The molecule has 0 aromatic heterocycles. The molecular weight excluding hydrogens is 378 g/mol. The number of sulfonamides is 1. The number of sulfone groups is 1. The van der Waals surface area contributed by atoms with Crippen molar-refractivity contribution in [3.63, 3.8) is 0 Å². The summed E-state index contributed by atoms with van der Waals surface area (Å²) in [5.74, 6) is 0.821. The van der Waals surface area contributed by atoms with E-state index in [9.17, 15) is 16.8 Å². The molecule has 1 saturated heterocycles. The summed E-state index contributed by atoms with van der Waals surface area (Å²) in [6.45, 7) is 4.49. The first-order valence-electron chi connectivity index (χ1n) is 8.92. The molecule has 0 amide bonds. The summed E-state index contributed by atoms with van der Waals surface area (Å²) < 4.78 is 62.7. The molecule has 0 bridgehead atoms. The van der Waals surface area contributed by atoms with Crippen molar-refractivity contribution in [1.82, 2.24) is 4.31 Å². The number of hydrogen-bond donors (Lipinski definition) is 0. The minimum atomic E-state index is -3.81. The number of nitrogens with zero attached hydrogens (tertiary/aromatic N) is 1. The van der Waals surface area contributed by atoms with Crippen LogP contribution in [0.2, 0.25) is 0 Å². The van der Waals surface area contributed by atoms with Crippen LogP contribution in [0.25, 0.3) is 0 Å². The zero-order valence-corrected chi connectivity index (χ0v) is 16.7. The van der Waals surface area contributed by atoms with Crippen molar-refractivity contribution < 1.29 is 26.3 Å². The van der Waals surface area contributed by atoms with Crippen molar-refractivity contribution in [3.8, 4) is 11.5 Å². The minimum absolute atomic E-state index is 0.0455. The van der Waals surface area contributed by atoms with Gasteiger partial charge in [0, 0.05) is 18.2 Å². The molecule has 7 nitrogen and oxygen atoms in total. The molecule has 0 spiro atoms. The van der Waals surface area contributed by atoms with E-state index in [1.54, 1.807) is 6.07 Å². The lowest BCUT2D eigenvalue weighted by atomic mass is 10.2. The van der Waals surface area contributed by atoms with Crippen LogP contribution in [0.4, 0.5) is 0 Å². The van der Waals surface area contributed by atoms with Gasteiger partial charge in [0.25, 0.3) is 0 Å². The topological polar surface area (TPSA) is 90.0 Å². The van der Waals surface area contributed by atoms with Crippen molar-refractivity contribution in [2.75, 3.05) is 24.7 Å². The van der Waals surface area contributed by atoms with Crippen LogP contribution in [0.1, 0.15) is 33.1 Å². The fraction of sp³-hybridized carbons (Fsp3) is 0.647. The molecule has 2 fully saturated rings. The number of benzene rings is 1. The fourth-order valence-corrected chi connectivity index (χ4v) is 7.03. The van der Waals surface area contributed by atoms with Crippen molar-refractivity contribution in [2.45, 2.75) is 50.1 Å². The van der Waals surface area contributed by atoms with E-state index in [4.69, 9.17) is 9.47 Å². The average molecular weight is 404 g/mol. The molecule has 1 saturated carbocycles. The molecule has 3 rings (SSSR count). The van der Waals surface area contributed by atoms with Crippen LogP contribution >= 0.6 is 0 Å². The largest absolute Gasteiger partial charge is 0.490 e. The Bertz CT molecular complexity index is 861. The van der Waals surface area contributed by atoms with Gasteiger partial charge in [-0.1, -0.05) is 0 Å². The highest BCUT2D eigenvalue weighted by Gasteiger charge is 2.46. The molecule has 26 heavy (non-hydrogen) atoms. The molecule has 1 heterocycles. The van der Waals surface area contributed by atoms with E-state index >= 15 is 0 Å². The highest BCUT2D eigenvalue weighted by Crippen LogP contribution is 2.39. The number of rotatable bonds is 8. The van der Waals surface area contributed by atoms with Crippen LogP contribution in [0.3, 0.4) is 0 Å². The summed E-state index contributed by atoms with van der Waals surface area (Å²) in [5, 5.41) is 0. The molecule has 1 unspecified atom stereocenters. The number of ether oxygens (including phenoxy) is 2. The van der Waals surface area contributed by atoms with E-state index in [1.165, 1.54) is 16.4 Å². The lowest BCUT2D eigenvalue weighted by molar-refractivity contribution is 0.286. The SMILES string of the molecule is CCOc1ccc(S(=O)(=O)N(C2CC2)C2CCS(=O)(=O)C2)cc1OCC. The molecule has 9 heteroatoms. The third-order valence-electron chi connectivity index (χ3n) is 4.57. The van der Waals surface area contributed by atoms with Gasteiger partial charge in [-0.25, -0.2) is 16.8 Å². The third-order valence-corrected chi connectivity index (χ3v) is 8.32. The van der Waals surface area contributed by atoms with Crippen molar-refractivity contribution in [2.24, 2.45) is 0 Å². The summed E-state index contributed by atoms with van der Waals surface area (Å²) >= 11 is 0. The highest BCUT2D eigenvalue weighted by atomic mass is 32.2. The monoisotopic (exact) mass is 403 g/mol. The van der Waals surface area contributed by atoms with Crippen LogP contribution in [0.15, 0.2) is 23.1 Å². The summed E-state index contributed by atoms with van der Waals surface area (Å²) in [4.78, 5) is 0.112. The predicted molar refractivity (Wildman–Crippen MR) is 97.9 cm³/mol. The van der Waals surface area contributed by atoms with Crippen LogP contribution in [0, 0.1) is 0 Å². The van der Waals surface area contributed by atoms with Gasteiger partial charge in [-0.2, -0.15) is 4.31 Å². The smallest absolute Gasteiger partial charge is 0.243 e. The Labute approximate surface area is 155 Å². The summed E-state index contributed by atoms with van der Waals surface area (Å²) in [7, 11) is -6.98. The Morgan fingerprint density at radius 3 is 2.23 bits per heavy atom. The van der Waals surface area contributed by atoms with E-state index in [2.05, 4.69) is 0 Å². The maximum absolute atomic E-state index is 13.3. The Morgan fingerprint density at radius 2 is 1.69 bits per heavy atom. The Kier molecular flexibility index (Phi) is 5.50. The molecule has 1 aliphatic carbocycles. The molecular formula is C17H25NO6S2. The van der Waals surface area contributed by atoms with Crippen molar-refractivity contribution >= 4 is 19.9 Å². The Morgan fingerprint density at radius 1 is 1.04 bits per heavy atom. The second-order valence-corrected chi connectivity index (χ2v) is 10.7. The van der Waals surface area contributed by atoms with Gasteiger partial charge in [-0.05, 0) is 45.2 Å². The van der Waals surface area contributed by atoms with E-state index in [1.807, 2.05) is 13.8 Å². The highest BCUT2D eigenvalue weighted by molar-refractivity contribution is 7.92. The fourth-order valence-electron chi connectivity index (χ4n) is 3.31. The van der Waals surface area contributed by atoms with E-state index in [-0.39, 0.29) is 22.4 Å². The van der Waals surface area contributed by atoms with Gasteiger partial charge < -0.3 is 9.47 Å². The predicted octanol–water partition coefficient (Wildman–Crippen LogP) is 1.82. The maximum atomic E-state index is 13.3. The zero-order chi connectivity index (χ0) is 18.9. The van der Waals surface area contributed by atoms with Gasteiger partial charge in [0.15, 0.2) is 21.3 Å². The van der Waals surface area contributed by atoms with Crippen molar-refractivity contribution in [1.29, 1.82) is 0 Å². The first kappa shape index (κ1) is 19.4. The second-order valence-electron chi connectivity index (χ2n) is 6.60. The zero-order valence-electron chi connectivity index (χ0n) is 15.0. The van der Waals surface area contributed by atoms with Crippen LogP contribution < -0.4 is 9.47 Å². The minimum Gasteiger partial charge on any atom is -0.490 e. The molecule has 1 aliphatic heterocycles. The lowest BCUT2D eigenvalue weighted by Crippen LogP contribution is -2.42.